The summed E-state index contributed by atoms with van der Waals surface area (Å²) in [6.07, 6.45) is -0.686. The van der Waals surface area contributed by atoms with E-state index in [2.05, 4.69) is 19.9 Å². The molecule has 1 heterocycles. The number of hydrogen-bond donors (Lipinski definition) is 3. The summed E-state index contributed by atoms with van der Waals surface area (Å²) in [5.74, 6) is -1.72. The van der Waals surface area contributed by atoms with Gasteiger partial charge in [-0.15, -0.1) is 0 Å². The lowest BCUT2D eigenvalue weighted by atomic mass is 10.2. The lowest BCUT2D eigenvalue weighted by Crippen LogP contribution is -2.47. The van der Waals surface area contributed by atoms with Crippen molar-refractivity contribution < 1.29 is 23.9 Å². The van der Waals surface area contributed by atoms with Gasteiger partial charge in [-0.3, -0.25) is 24.7 Å². The van der Waals surface area contributed by atoms with Gasteiger partial charge in [-0.05, 0) is 36.4 Å². The number of carbonyl (C=O) groups excluding carboxylic acids is 3. The Labute approximate surface area is 222 Å². The normalized spacial score (nSPS) is 16.5. The highest BCUT2D eigenvalue weighted by Crippen LogP contribution is 2.23. The van der Waals surface area contributed by atoms with Gasteiger partial charge in [-0.25, -0.2) is 0 Å². The molecule has 0 aromatic heterocycles. The Hall–Kier alpha value is -1.83. The second kappa shape index (κ2) is 15.3. The first-order valence-electron chi connectivity index (χ1n) is 10.6. The first-order valence-corrected chi connectivity index (χ1v) is 13.2. The lowest BCUT2D eigenvalue weighted by molar-refractivity contribution is -0.145. The van der Waals surface area contributed by atoms with E-state index in [-0.39, 0.29) is 33.9 Å². The predicted octanol–water partition coefficient (Wildman–Crippen LogP) is 2.51. The van der Waals surface area contributed by atoms with Crippen LogP contribution in [0, 0.1) is 5.41 Å². The van der Waals surface area contributed by atoms with Gasteiger partial charge in [0.05, 0.1) is 35.1 Å². The summed E-state index contributed by atoms with van der Waals surface area (Å²) in [6, 6.07) is 5.54. The smallest absolute Gasteiger partial charge is 0.315 e. The number of thioether (sulfide) groups is 2. The van der Waals surface area contributed by atoms with Gasteiger partial charge in [-0.1, -0.05) is 41.0 Å². The van der Waals surface area contributed by atoms with Crippen LogP contribution in [0.4, 0.5) is 0 Å². The van der Waals surface area contributed by atoms with Crippen LogP contribution in [0.1, 0.15) is 18.9 Å². The molecule has 1 aliphatic heterocycles. The fraction of sp³-hybridized carbons (Fsp3) is 0.476. The fourth-order valence-corrected chi connectivity index (χ4v) is 4.69. The van der Waals surface area contributed by atoms with Gasteiger partial charge in [0, 0.05) is 26.2 Å². The van der Waals surface area contributed by atoms with Crippen molar-refractivity contribution in [3.8, 4) is 0 Å². The van der Waals surface area contributed by atoms with Crippen LogP contribution in [0.3, 0.4) is 0 Å². The highest BCUT2D eigenvalue weighted by atomic mass is 35.5. The van der Waals surface area contributed by atoms with Gasteiger partial charge in [-0.2, -0.15) is 4.99 Å². The van der Waals surface area contributed by atoms with Crippen molar-refractivity contribution in [1.29, 1.82) is 5.41 Å². The Morgan fingerprint density at radius 2 is 2.11 bits per heavy atom. The lowest BCUT2D eigenvalue weighted by Gasteiger charge is -2.33. The van der Waals surface area contributed by atoms with E-state index < -0.39 is 18.3 Å². The number of benzene rings is 1. The van der Waals surface area contributed by atoms with E-state index >= 15 is 0 Å². The van der Waals surface area contributed by atoms with Crippen molar-refractivity contribution in [3.63, 3.8) is 0 Å². The molecule has 0 bridgehead atoms. The molecular formula is C21H27Cl2N5O5S2. The Bertz CT molecular complexity index is 966. The highest BCUT2D eigenvalue weighted by molar-refractivity contribution is 8.44. The van der Waals surface area contributed by atoms with Crippen LogP contribution in [-0.2, 0) is 30.4 Å². The number of hydrogen-bond acceptors (Lipinski definition) is 9. The zero-order valence-corrected chi connectivity index (χ0v) is 22.2. The Morgan fingerprint density at radius 1 is 1.34 bits per heavy atom. The van der Waals surface area contributed by atoms with E-state index in [1.165, 1.54) is 0 Å². The molecule has 1 saturated heterocycles. The van der Waals surface area contributed by atoms with Gasteiger partial charge in [0.2, 0.25) is 5.91 Å². The average molecular weight is 565 g/mol. The molecule has 1 fully saturated rings. The largest absolute Gasteiger partial charge is 0.466 e. The average Bonchev–Trinajstić information content (AvgIpc) is 2.79. The topological polar surface area (TPSA) is 147 Å². The number of halogens is 2. The van der Waals surface area contributed by atoms with Gasteiger partial charge in [0.1, 0.15) is 10.8 Å². The molecule has 10 nitrogen and oxygen atoms in total. The Kier molecular flexibility index (Phi) is 12.9. The minimum Gasteiger partial charge on any atom is -0.466 e. The number of nitrogens with one attached hydrogen (secondary N) is 2. The minimum atomic E-state index is -0.760. The number of nitrogens with two attached hydrogens (primary N) is 1. The van der Waals surface area contributed by atoms with Crippen LogP contribution in [-0.4, -0.2) is 76.9 Å². The van der Waals surface area contributed by atoms with Crippen LogP contribution in [0.5, 0.6) is 0 Å². The summed E-state index contributed by atoms with van der Waals surface area (Å²) >= 11 is 13.7. The van der Waals surface area contributed by atoms with E-state index in [0.29, 0.717) is 36.3 Å². The number of amides is 2. The molecule has 1 unspecified atom stereocenters. The molecule has 192 valence electrons. The van der Waals surface area contributed by atoms with Gasteiger partial charge < -0.3 is 20.5 Å². The van der Waals surface area contributed by atoms with Crippen LogP contribution in [0.2, 0.25) is 10.0 Å². The Balaban J connectivity index is 1.68. The molecule has 0 radical (unpaired) electrons. The van der Waals surface area contributed by atoms with Crippen molar-refractivity contribution >= 4 is 74.1 Å². The molecule has 0 saturated carbocycles. The molecule has 35 heavy (non-hydrogen) atoms. The molecule has 2 amide bonds. The van der Waals surface area contributed by atoms with Crippen molar-refractivity contribution in [2.45, 2.75) is 26.0 Å². The van der Waals surface area contributed by atoms with Crippen LogP contribution >= 0.6 is 46.7 Å². The number of rotatable bonds is 9. The van der Waals surface area contributed by atoms with Crippen molar-refractivity contribution in [2.75, 3.05) is 38.6 Å². The molecule has 1 aliphatic rings. The van der Waals surface area contributed by atoms with E-state index in [0.717, 1.165) is 35.6 Å². The number of aliphatic imine (C=N–C) groups is 1. The highest BCUT2D eigenvalue weighted by Gasteiger charge is 2.21. The third-order valence-electron chi connectivity index (χ3n) is 4.51. The quantitative estimate of drug-likeness (QED) is 0.178. The molecule has 2 rings (SSSR count). The molecule has 1 aromatic carbocycles. The number of amidine groups is 1. The maximum absolute atomic E-state index is 12.2. The van der Waals surface area contributed by atoms with Crippen molar-refractivity contribution in [2.24, 2.45) is 10.7 Å². The standard InChI is InChI=1S/C21H27Cl2N5O5S2/c1-2-32-19(31)8-17(29)27-20(24)35-21(25)34-12-18(30)26-9-14-11-28(5-6-33-14)10-13-3-4-15(22)16(23)7-13/h3-4,7,14,25H,2,5-6,8-12H2,1H3,(H,26,30)(H2,24,27,29). The predicted molar refractivity (Wildman–Crippen MR) is 140 cm³/mol. The van der Waals surface area contributed by atoms with Gasteiger partial charge in [0.25, 0.3) is 5.91 Å². The number of nitrogens with zero attached hydrogens (tertiary/aromatic N) is 2. The molecule has 4 N–H and O–H groups in total. The summed E-state index contributed by atoms with van der Waals surface area (Å²) in [5.41, 5.74) is 6.67. The van der Waals surface area contributed by atoms with Gasteiger partial charge in [0.15, 0.2) is 5.17 Å². The second-order valence-electron chi connectivity index (χ2n) is 7.28. The SMILES string of the molecule is CCOC(=O)CC(=O)N=C(N)SC(=N)SCC(=O)NCC1CN(Cc2ccc(Cl)c(Cl)c2)CCO1. The van der Waals surface area contributed by atoms with Crippen LogP contribution in [0.15, 0.2) is 23.2 Å². The molecule has 1 aromatic rings. The first kappa shape index (κ1) is 29.4. The number of carbonyl (C=O) groups is 3. The van der Waals surface area contributed by atoms with Crippen molar-refractivity contribution in [3.05, 3.63) is 33.8 Å². The summed E-state index contributed by atoms with van der Waals surface area (Å²) in [5, 5.41) is 11.5. The van der Waals surface area contributed by atoms with Crippen LogP contribution in [0.25, 0.3) is 0 Å². The second-order valence-corrected chi connectivity index (χ2v) is 10.4. The Morgan fingerprint density at radius 3 is 2.83 bits per heavy atom. The summed E-state index contributed by atoms with van der Waals surface area (Å²) in [6.45, 7) is 4.77. The van der Waals surface area contributed by atoms with E-state index in [1.54, 1.807) is 13.0 Å². The zero-order chi connectivity index (χ0) is 25.8. The molecule has 0 aliphatic carbocycles. The monoisotopic (exact) mass is 563 g/mol. The summed E-state index contributed by atoms with van der Waals surface area (Å²) in [7, 11) is 0. The minimum absolute atomic E-state index is 0.00437. The maximum atomic E-state index is 12.2. The number of esters is 1. The van der Waals surface area contributed by atoms with E-state index in [1.807, 2.05) is 12.1 Å². The third kappa shape index (κ3) is 11.6. The van der Waals surface area contributed by atoms with E-state index in [4.69, 9.17) is 39.1 Å². The summed E-state index contributed by atoms with van der Waals surface area (Å²) in [4.78, 5) is 40.8. The zero-order valence-electron chi connectivity index (χ0n) is 19.1. The van der Waals surface area contributed by atoms with Crippen molar-refractivity contribution in [1.82, 2.24) is 10.2 Å². The first-order chi connectivity index (χ1) is 16.7. The number of morpholine rings is 1. The van der Waals surface area contributed by atoms with Gasteiger partial charge >= 0.3 is 5.97 Å². The summed E-state index contributed by atoms with van der Waals surface area (Å²) < 4.78 is 10.4. The molecule has 1 atom stereocenters. The number of ether oxygens (including phenoxy) is 2. The molecule has 0 spiro atoms. The maximum Gasteiger partial charge on any atom is 0.315 e. The van der Waals surface area contributed by atoms with Crippen LogP contribution < -0.4 is 11.1 Å². The fourth-order valence-electron chi connectivity index (χ4n) is 3.00. The molecular weight excluding hydrogens is 537 g/mol. The third-order valence-corrected chi connectivity index (χ3v) is 7.00. The molecule has 14 heteroatoms. The van der Waals surface area contributed by atoms with E-state index in [9.17, 15) is 14.4 Å².